The molecule has 43 heavy (non-hydrogen) atoms. The molecule has 0 fully saturated rings. The fourth-order valence-corrected chi connectivity index (χ4v) is 6.36. The van der Waals surface area contributed by atoms with Crippen LogP contribution >= 0.6 is 34.5 Å². The average Bonchev–Trinajstić information content (AvgIpc) is 3.27. The normalized spacial score (nSPS) is 14.7. The summed E-state index contributed by atoms with van der Waals surface area (Å²) in [6.07, 6.45) is 1.74. The Kier molecular flexibility index (Phi) is 9.40. The molecule has 0 N–H and O–H groups in total. The third-order valence-electron chi connectivity index (χ3n) is 6.87. The molecule has 1 atom stereocenters. The van der Waals surface area contributed by atoms with Gasteiger partial charge in [-0.1, -0.05) is 82.6 Å². The standard InChI is InChI=1S/C33H30Cl2N2O5S/c1-5-40-26-16-21(15-25(35)30(26)42-18-23-9-7-8-10-24(23)34)17-27-31(38)37-29(22-13-11-19(3)12-14-22)28(32(39)41-6-2)20(4)36-33(37)43-27/h7-17,29H,5-6,18H2,1-4H3/b27-17+/t29-/m1/s1. The van der Waals surface area contributed by atoms with E-state index >= 15 is 0 Å². The van der Waals surface area contributed by atoms with Crippen LogP contribution in [0.2, 0.25) is 10.0 Å². The number of halogens is 2. The summed E-state index contributed by atoms with van der Waals surface area (Å²) in [4.78, 5) is 32.2. The fraction of sp³-hybridized carbons (Fsp3) is 0.242. The number of rotatable bonds is 9. The van der Waals surface area contributed by atoms with E-state index in [9.17, 15) is 9.59 Å². The molecule has 10 heteroatoms. The highest BCUT2D eigenvalue weighted by Crippen LogP contribution is 2.38. The third-order valence-corrected chi connectivity index (χ3v) is 8.50. The van der Waals surface area contributed by atoms with Gasteiger partial charge in [0.1, 0.15) is 6.61 Å². The van der Waals surface area contributed by atoms with Crippen LogP contribution in [0.15, 0.2) is 81.7 Å². The number of benzene rings is 3. The first-order valence-electron chi connectivity index (χ1n) is 13.8. The third kappa shape index (κ3) is 6.42. The van der Waals surface area contributed by atoms with Gasteiger partial charge in [0.2, 0.25) is 0 Å². The molecule has 1 aliphatic heterocycles. The molecule has 1 aliphatic rings. The van der Waals surface area contributed by atoms with Gasteiger partial charge >= 0.3 is 5.97 Å². The van der Waals surface area contributed by atoms with Crippen molar-refractivity contribution in [1.82, 2.24) is 4.57 Å². The highest BCUT2D eigenvalue weighted by atomic mass is 35.5. The smallest absolute Gasteiger partial charge is 0.338 e. The van der Waals surface area contributed by atoms with Crippen LogP contribution in [-0.4, -0.2) is 23.8 Å². The van der Waals surface area contributed by atoms with Crippen LogP contribution in [-0.2, 0) is 16.1 Å². The molecule has 0 saturated carbocycles. The van der Waals surface area contributed by atoms with E-state index in [0.29, 0.717) is 54.3 Å². The number of nitrogens with zero attached hydrogens (tertiary/aromatic N) is 2. The van der Waals surface area contributed by atoms with Gasteiger partial charge in [-0.2, -0.15) is 0 Å². The molecule has 0 bridgehead atoms. The van der Waals surface area contributed by atoms with E-state index in [2.05, 4.69) is 4.99 Å². The van der Waals surface area contributed by atoms with Crippen LogP contribution in [0.5, 0.6) is 11.5 Å². The van der Waals surface area contributed by atoms with Crippen LogP contribution in [0.25, 0.3) is 6.08 Å². The van der Waals surface area contributed by atoms with Crippen LogP contribution in [0, 0.1) is 6.92 Å². The highest BCUT2D eigenvalue weighted by molar-refractivity contribution is 7.07. The van der Waals surface area contributed by atoms with Gasteiger partial charge in [-0.3, -0.25) is 9.36 Å². The van der Waals surface area contributed by atoms with E-state index in [4.69, 9.17) is 37.4 Å². The lowest BCUT2D eigenvalue weighted by atomic mass is 9.95. The molecule has 0 radical (unpaired) electrons. The van der Waals surface area contributed by atoms with Crippen molar-refractivity contribution in [2.75, 3.05) is 13.2 Å². The number of fused-ring (bicyclic) bond motifs is 1. The summed E-state index contributed by atoms with van der Waals surface area (Å²) in [7, 11) is 0. The molecule has 0 unspecified atom stereocenters. The number of ether oxygens (including phenoxy) is 3. The molecular formula is C33H30Cl2N2O5S. The first-order chi connectivity index (χ1) is 20.7. The Morgan fingerprint density at radius 1 is 1.00 bits per heavy atom. The minimum atomic E-state index is -0.679. The molecule has 2 heterocycles. The van der Waals surface area contributed by atoms with Crippen LogP contribution in [0.1, 0.15) is 49.1 Å². The summed E-state index contributed by atoms with van der Waals surface area (Å²) in [6.45, 7) is 8.16. The summed E-state index contributed by atoms with van der Waals surface area (Å²) in [5.74, 6) is 0.333. The summed E-state index contributed by atoms with van der Waals surface area (Å²) in [5.41, 5.74) is 3.89. The molecule has 222 valence electrons. The first-order valence-corrected chi connectivity index (χ1v) is 15.4. The number of hydrogen-bond donors (Lipinski definition) is 0. The molecular weight excluding hydrogens is 607 g/mol. The van der Waals surface area contributed by atoms with Gasteiger partial charge in [-0.15, -0.1) is 0 Å². The number of thiazole rings is 1. The lowest BCUT2D eigenvalue weighted by Gasteiger charge is -2.24. The van der Waals surface area contributed by atoms with Crippen molar-refractivity contribution in [3.8, 4) is 11.5 Å². The SMILES string of the molecule is CCOC(=O)C1=C(C)N=c2s/c(=C/c3cc(Cl)c(OCc4ccccc4Cl)c(OCC)c3)c(=O)n2[C@@H]1c1ccc(C)cc1. The molecule has 1 aromatic heterocycles. The number of aryl methyl sites for hydroxylation is 1. The fourth-order valence-electron chi connectivity index (χ4n) is 4.85. The minimum Gasteiger partial charge on any atom is -0.490 e. The molecule has 3 aromatic carbocycles. The average molecular weight is 638 g/mol. The zero-order valence-corrected chi connectivity index (χ0v) is 26.5. The zero-order valence-electron chi connectivity index (χ0n) is 24.1. The topological polar surface area (TPSA) is 79.1 Å². The van der Waals surface area contributed by atoms with Crippen molar-refractivity contribution >= 4 is 46.6 Å². The van der Waals surface area contributed by atoms with Crippen LogP contribution < -0.4 is 24.4 Å². The Morgan fingerprint density at radius 2 is 1.74 bits per heavy atom. The predicted molar refractivity (Wildman–Crippen MR) is 170 cm³/mol. The molecule has 5 rings (SSSR count). The Morgan fingerprint density at radius 3 is 2.44 bits per heavy atom. The second-order valence-corrected chi connectivity index (χ2v) is 11.7. The lowest BCUT2D eigenvalue weighted by Crippen LogP contribution is -2.39. The monoisotopic (exact) mass is 636 g/mol. The maximum atomic E-state index is 14.0. The summed E-state index contributed by atoms with van der Waals surface area (Å²) >= 11 is 14.2. The molecule has 0 spiro atoms. The predicted octanol–water partition coefficient (Wildman–Crippen LogP) is 6.39. The van der Waals surface area contributed by atoms with E-state index < -0.39 is 12.0 Å². The quantitative estimate of drug-likeness (QED) is 0.199. The van der Waals surface area contributed by atoms with E-state index in [1.807, 2.05) is 56.3 Å². The van der Waals surface area contributed by atoms with Gasteiger partial charge in [0.15, 0.2) is 16.3 Å². The van der Waals surface area contributed by atoms with Crippen molar-refractivity contribution in [2.24, 2.45) is 4.99 Å². The largest absolute Gasteiger partial charge is 0.490 e. The molecule has 0 aliphatic carbocycles. The lowest BCUT2D eigenvalue weighted by molar-refractivity contribution is -0.139. The Labute approximate surface area is 263 Å². The van der Waals surface area contributed by atoms with E-state index in [1.54, 1.807) is 42.7 Å². The van der Waals surface area contributed by atoms with Crippen LogP contribution in [0.3, 0.4) is 0 Å². The van der Waals surface area contributed by atoms with Gasteiger partial charge in [0.05, 0.1) is 40.1 Å². The molecule has 0 amide bonds. The number of aromatic nitrogens is 1. The minimum absolute atomic E-state index is 0.207. The Balaban J connectivity index is 1.59. The summed E-state index contributed by atoms with van der Waals surface area (Å²) in [5, 5.41) is 0.920. The number of carbonyl (C=O) groups excluding carboxylic acids is 1. The van der Waals surface area contributed by atoms with E-state index in [0.717, 1.165) is 16.7 Å². The number of carbonyl (C=O) groups is 1. The zero-order chi connectivity index (χ0) is 30.7. The summed E-state index contributed by atoms with van der Waals surface area (Å²) in [6, 6.07) is 18.0. The van der Waals surface area contributed by atoms with Gasteiger partial charge in [-0.25, -0.2) is 9.79 Å². The molecule has 7 nitrogen and oxygen atoms in total. The van der Waals surface area contributed by atoms with Crippen LogP contribution in [0.4, 0.5) is 0 Å². The van der Waals surface area contributed by atoms with Gasteiger partial charge in [0.25, 0.3) is 5.56 Å². The number of allylic oxidation sites excluding steroid dienone is 1. The first kappa shape index (κ1) is 30.6. The van der Waals surface area contributed by atoms with Crippen molar-refractivity contribution < 1.29 is 19.0 Å². The van der Waals surface area contributed by atoms with Crippen molar-refractivity contribution in [2.45, 2.75) is 40.3 Å². The van der Waals surface area contributed by atoms with Gasteiger partial charge in [0, 0.05) is 10.6 Å². The highest BCUT2D eigenvalue weighted by Gasteiger charge is 2.33. The van der Waals surface area contributed by atoms with E-state index in [1.165, 1.54) is 11.3 Å². The van der Waals surface area contributed by atoms with Crippen molar-refractivity contribution in [3.05, 3.63) is 124 Å². The maximum Gasteiger partial charge on any atom is 0.338 e. The maximum absolute atomic E-state index is 14.0. The van der Waals surface area contributed by atoms with Gasteiger partial charge in [-0.05, 0) is 63.1 Å². The summed E-state index contributed by atoms with van der Waals surface area (Å²) < 4.78 is 19.3. The van der Waals surface area contributed by atoms with E-state index in [-0.39, 0.29) is 18.8 Å². The van der Waals surface area contributed by atoms with Crippen molar-refractivity contribution in [1.29, 1.82) is 0 Å². The molecule has 0 saturated heterocycles. The second kappa shape index (κ2) is 13.2. The Bertz CT molecular complexity index is 1890. The number of esters is 1. The van der Waals surface area contributed by atoms with Crippen molar-refractivity contribution in [3.63, 3.8) is 0 Å². The Hall–Kier alpha value is -3.85. The van der Waals surface area contributed by atoms with Gasteiger partial charge < -0.3 is 14.2 Å². The number of hydrogen-bond acceptors (Lipinski definition) is 7. The second-order valence-electron chi connectivity index (χ2n) is 9.86. The molecule has 4 aromatic rings.